The van der Waals surface area contributed by atoms with E-state index in [2.05, 4.69) is 27.0 Å². The van der Waals surface area contributed by atoms with Crippen molar-refractivity contribution in [3.8, 4) is 5.69 Å². The van der Waals surface area contributed by atoms with Gasteiger partial charge >= 0.3 is 0 Å². The van der Waals surface area contributed by atoms with Crippen LogP contribution in [0.5, 0.6) is 0 Å². The molecule has 0 atom stereocenters. The number of nitrogens with zero attached hydrogens (tertiary/aromatic N) is 2. The van der Waals surface area contributed by atoms with E-state index in [0.29, 0.717) is 18.0 Å². The van der Waals surface area contributed by atoms with Crippen molar-refractivity contribution in [2.24, 2.45) is 0 Å². The summed E-state index contributed by atoms with van der Waals surface area (Å²) in [4.78, 5) is 18.7. The molecule has 1 amide bonds. The quantitative estimate of drug-likeness (QED) is 0.697. The summed E-state index contributed by atoms with van der Waals surface area (Å²) in [6.07, 6.45) is 2.56. The maximum absolute atomic E-state index is 12.7. The average Bonchev–Trinajstić information content (AvgIpc) is 3.11. The number of hydrogen-bond donors (Lipinski definition) is 1. The molecule has 24 heavy (non-hydrogen) atoms. The van der Waals surface area contributed by atoms with Crippen LogP contribution in [0, 0.1) is 13.8 Å². The monoisotopic (exact) mass is 343 g/mol. The normalized spacial score (nSPS) is 11.1. The first-order valence-corrected chi connectivity index (χ1v) is 8.75. The molecule has 0 aliphatic heterocycles. The maximum atomic E-state index is 12.7. The Morgan fingerprint density at radius 3 is 2.75 bits per heavy atom. The number of aromatic nitrogens is 2. The topological polar surface area (TPSA) is 56.1 Å². The molecule has 0 fully saturated rings. The second kappa shape index (κ2) is 7.15. The molecule has 0 aliphatic rings. The minimum absolute atomic E-state index is 0.0587. The van der Waals surface area contributed by atoms with Gasteiger partial charge in [0.05, 0.1) is 5.69 Å². The molecule has 0 radical (unpaired) electrons. The molecule has 0 unspecified atom stereocenters. The number of carbonyl (C=O) groups is 1. The van der Waals surface area contributed by atoms with Crippen LogP contribution in [0.2, 0.25) is 0 Å². The van der Waals surface area contributed by atoms with Crippen LogP contribution in [0.15, 0.2) is 30.5 Å². The lowest BCUT2D eigenvalue weighted by Gasteiger charge is -2.11. The number of fused-ring (bicyclic) bond motifs is 1. The number of aryl methyl sites for hydroxylation is 2. The zero-order valence-electron chi connectivity index (χ0n) is 14.1. The molecule has 0 spiro atoms. The smallest absolute Gasteiger partial charge is 0.263 e. The third-order valence-corrected chi connectivity index (χ3v) is 5.05. The van der Waals surface area contributed by atoms with Crippen molar-refractivity contribution in [2.45, 2.75) is 20.3 Å². The van der Waals surface area contributed by atoms with Gasteiger partial charge in [0.2, 0.25) is 0 Å². The van der Waals surface area contributed by atoms with E-state index >= 15 is 0 Å². The van der Waals surface area contributed by atoms with Gasteiger partial charge in [0.25, 0.3) is 5.91 Å². The first kappa shape index (κ1) is 16.7. The minimum atomic E-state index is -0.0587. The lowest BCUT2D eigenvalue weighted by molar-refractivity contribution is 0.0952. The number of rotatable bonds is 6. The Bertz CT molecular complexity index is 847. The van der Waals surface area contributed by atoms with E-state index in [4.69, 9.17) is 4.74 Å². The molecule has 3 aromatic rings. The number of nitrogens with one attached hydrogen (secondary N) is 1. The van der Waals surface area contributed by atoms with E-state index in [1.165, 1.54) is 11.3 Å². The van der Waals surface area contributed by atoms with E-state index < -0.39 is 0 Å². The van der Waals surface area contributed by atoms with Gasteiger partial charge in [0.15, 0.2) is 0 Å². The lowest BCUT2D eigenvalue weighted by atomic mass is 10.2. The largest absolute Gasteiger partial charge is 0.385 e. The van der Waals surface area contributed by atoms with Gasteiger partial charge in [-0.15, -0.1) is 11.3 Å². The molecule has 0 aromatic carbocycles. The van der Waals surface area contributed by atoms with Crippen molar-refractivity contribution in [2.75, 3.05) is 20.3 Å². The van der Waals surface area contributed by atoms with Gasteiger partial charge in [0.1, 0.15) is 9.71 Å². The van der Waals surface area contributed by atoms with E-state index in [0.717, 1.165) is 33.7 Å². The van der Waals surface area contributed by atoms with Crippen molar-refractivity contribution in [1.29, 1.82) is 0 Å². The van der Waals surface area contributed by atoms with Gasteiger partial charge in [-0.1, -0.05) is 0 Å². The van der Waals surface area contributed by atoms with E-state index in [9.17, 15) is 4.79 Å². The Kier molecular flexibility index (Phi) is 4.97. The van der Waals surface area contributed by atoms with Crippen LogP contribution >= 0.6 is 11.3 Å². The number of hydrogen-bond acceptors (Lipinski definition) is 4. The summed E-state index contributed by atoms with van der Waals surface area (Å²) in [6.45, 7) is 5.33. The molecule has 126 valence electrons. The molecule has 3 heterocycles. The van der Waals surface area contributed by atoms with E-state index in [1.807, 2.05) is 26.0 Å². The zero-order chi connectivity index (χ0) is 17.1. The van der Waals surface area contributed by atoms with Crippen molar-refractivity contribution in [3.05, 3.63) is 46.7 Å². The minimum Gasteiger partial charge on any atom is -0.385 e. The van der Waals surface area contributed by atoms with E-state index in [-0.39, 0.29) is 5.91 Å². The molecule has 1 N–H and O–H groups in total. The Morgan fingerprint density at radius 2 is 2.04 bits per heavy atom. The summed E-state index contributed by atoms with van der Waals surface area (Å²) in [7, 11) is 1.66. The first-order chi connectivity index (χ1) is 11.6. The Hall–Kier alpha value is -2.18. The summed E-state index contributed by atoms with van der Waals surface area (Å²) in [6, 6.07) is 8.06. The fourth-order valence-corrected chi connectivity index (χ4v) is 3.86. The van der Waals surface area contributed by atoms with Crippen molar-refractivity contribution in [3.63, 3.8) is 0 Å². The molecule has 3 rings (SSSR count). The highest BCUT2D eigenvalue weighted by Crippen LogP contribution is 2.34. The Morgan fingerprint density at radius 1 is 1.29 bits per heavy atom. The van der Waals surface area contributed by atoms with Gasteiger partial charge in [-0.3, -0.25) is 4.79 Å². The third kappa shape index (κ3) is 3.07. The Labute approximate surface area is 145 Å². The SMILES string of the molecule is COCCCNC(=O)c1sc2ncccc2c1-n1c(C)ccc1C. The van der Waals surface area contributed by atoms with Crippen LogP contribution in [0.4, 0.5) is 0 Å². The van der Waals surface area contributed by atoms with Crippen LogP contribution in [-0.4, -0.2) is 35.7 Å². The fourth-order valence-electron chi connectivity index (χ4n) is 2.82. The molecule has 0 saturated carbocycles. The van der Waals surface area contributed by atoms with Crippen LogP contribution in [0.3, 0.4) is 0 Å². The van der Waals surface area contributed by atoms with E-state index in [1.54, 1.807) is 13.3 Å². The maximum Gasteiger partial charge on any atom is 0.263 e. The zero-order valence-corrected chi connectivity index (χ0v) is 14.9. The second-order valence-electron chi connectivity index (χ2n) is 5.69. The third-order valence-electron chi connectivity index (χ3n) is 3.95. The van der Waals surface area contributed by atoms with Crippen LogP contribution in [-0.2, 0) is 4.74 Å². The summed E-state index contributed by atoms with van der Waals surface area (Å²) < 4.78 is 7.16. The fraction of sp³-hybridized carbons (Fsp3) is 0.333. The molecule has 0 saturated heterocycles. The average molecular weight is 343 g/mol. The predicted molar refractivity (Wildman–Crippen MR) is 97.2 cm³/mol. The highest BCUT2D eigenvalue weighted by atomic mass is 32.1. The van der Waals surface area contributed by atoms with Crippen LogP contribution in [0.1, 0.15) is 27.5 Å². The van der Waals surface area contributed by atoms with Crippen molar-refractivity contribution >= 4 is 27.5 Å². The predicted octanol–water partition coefficient (Wildman–Crippen LogP) is 3.47. The van der Waals surface area contributed by atoms with Gasteiger partial charge in [0, 0.05) is 43.2 Å². The molecule has 6 heteroatoms. The van der Waals surface area contributed by atoms with Crippen molar-refractivity contribution < 1.29 is 9.53 Å². The number of ether oxygens (including phenoxy) is 1. The van der Waals surface area contributed by atoms with Gasteiger partial charge in [-0.25, -0.2) is 4.98 Å². The summed E-state index contributed by atoms with van der Waals surface area (Å²) >= 11 is 1.44. The van der Waals surface area contributed by atoms with Gasteiger partial charge in [-0.2, -0.15) is 0 Å². The summed E-state index contributed by atoms with van der Waals surface area (Å²) in [5.74, 6) is -0.0587. The standard InChI is InChI=1S/C18H21N3O2S/c1-12-7-8-13(2)21(12)15-14-6-4-9-20-18(14)24-16(15)17(22)19-10-5-11-23-3/h4,6-9H,5,10-11H2,1-3H3,(H,19,22). The van der Waals surface area contributed by atoms with Crippen molar-refractivity contribution in [1.82, 2.24) is 14.9 Å². The summed E-state index contributed by atoms with van der Waals surface area (Å²) in [5, 5.41) is 3.99. The highest BCUT2D eigenvalue weighted by molar-refractivity contribution is 7.21. The van der Waals surface area contributed by atoms with Gasteiger partial charge in [-0.05, 0) is 44.5 Å². The lowest BCUT2D eigenvalue weighted by Crippen LogP contribution is -2.25. The molecule has 0 aliphatic carbocycles. The summed E-state index contributed by atoms with van der Waals surface area (Å²) in [5.41, 5.74) is 3.13. The Balaban J connectivity index is 2.04. The molecule has 0 bridgehead atoms. The molecular formula is C18H21N3O2S. The molecule has 5 nitrogen and oxygen atoms in total. The first-order valence-electron chi connectivity index (χ1n) is 7.93. The van der Waals surface area contributed by atoms with Crippen LogP contribution < -0.4 is 5.32 Å². The number of carbonyl (C=O) groups excluding carboxylic acids is 1. The van der Waals surface area contributed by atoms with Gasteiger partial charge < -0.3 is 14.6 Å². The molecular weight excluding hydrogens is 322 g/mol. The number of thiophene rings is 1. The highest BCUT2D eigenvalue weighted by Gasteiger charge is 2.21. The number of methoxy groups -OCH3 is 1. The number of pyridine rings is 1. The molecule has 3 aromatic heterocycles. The number of amides is 1. The van der Waals surface area contributed by atoms with Crippen LogP contribution in [0.25, 0.3) is 15.9 Å². The second-order valence-corrected chi connectivity index (χ2v) is 6.69.